The molecule has 0 fully saturated rings. The van der Waals surface area contributed by atoms with Gasteiger partial charge in [0.1, 0.15) is 0 Å². The molecule has 0 radical (unpaired) electrons. The highest BCUT2D eigenvalue weighted by atomic mass is 16.5. The minimum absolute atomic E-state index is 0.285. The summed E-state index contributed by atoms with van der Waals surface area (Å²) in [6, 6.07) is 0. The van der Waals surface area contributed by atoms with Crippen LogP contribution >= 0.6 is 0 Å². The van der Waals surface area contributed by atoms with E-state index in [2.05, 4.69) is 40.5 Å². The molecule has 0 spiro atoms. The first-order valence-corrected chi connectivity index (χ1v) is 6.06. The highest BCUT2D eigenvalue weighted by Gasteiger charge is 2.03. The van der Waals surface area contributed by atoms with Crippen LogP contribution in [0.15, 0.2) is 51.2 Å². The van der Waals surface area contributed by atoms with Gasteiger partial charge in [0.05, 0.1) is 18.8 Å². The molecule has 0 saturated carbocycles. The third-order valence-electron chi connectivity index (χ3n) is 1.81. The van der Waals surface area contributed by atoms with Crippen molar-refractivity contribution in [3.63, 3.8) is 0 Å². The monoisotopic (exact) mass is 296 g/mol. The zero-order valence-electron chi connectivity index (χ0n) is 11.9. The van der Waals surface area contributed by atoms with Crippen molar-refractivity contribution in [3.8, 4) is 0 Å². The maximum Gasteiger partial charge on any atom is 0.334 e. The first kappa shape index (κ1) is 20.7. The molecule has 6 nitrogen and oxygen atoms in total. The maximum absolute atomic E-state index is 10.8. The van der Waals surface area contributed by atoms with Crippen molar-refractivity contribution in [1.29, 1.82) is 0 Å². The standard InChI is InChI=1S/C10H14O4.C5H6O2/c1-3-13-9(11)7-5-6-8-10(12)14-4-2;1-3-5(6)7-4-2/h3-4H,1-2,5-8H2;3-4H,1-2H2. The van der Waals surface area contributed by atoms with Crippen LogP contribution in [0.25, 0.3) is 0 Å². The Hall–Kier alpha value is -2.63. The molecular formula is C15H20O6. The van der Waals surface area contributed by atoms with E-state index in [0.29, 0.717) is 12.8 Å². The van der Waals surface area contributed by atoms with Gasteiger partial charge in [-0.3, -0.25) is 9.59 Å². The van der Waals surface area contributed by atoms with Crippen LogP contribution in [0.3, 0.4) is 0 Å². The highest BCUT2D eigenvalue weighted by Crippen LogP contribution is 2.02. The largest absolute Gasteiger partial charge is 0.435 e. The molecule has 0 heterocycles. The Morgan fingerprint density at radius 2 is 1.10 bits per heavy atom. The van der Waals surface area contributed by atoms with Gasteiger partial charge in [0, 0.05) is 18.9 Å². The van der Waals surface area contributed by atoms with Gasteiger partial charge in [-0.15, -0.1) is 0 Å². The van der Waals surface area contributed by atoms with Crippen LogP contribution in [0.2, 0.25) is 0 Å². The van der Waals surface area contributed by atoms with Crippen molar-refractivity contribution in [1.82, 2.24) is 0 Å². The van der Waals surface area contributed by atoms with E-state index < -0.39 is 5.97 Å². The van der Waals surface area contributed by atoms with Gasteiger partial charge in [-0.2, -0.15) is 0 Å². The summed E-state index contributed by atoms with van der Waals surface area (Å²) in [7, 11) is 0. The Labute approximate surface area is 124 Å². The molecule has 0 aromatic carbocycles. The fourth-order valence-electron chi connectivity index (χ4n) is 0.973. The summed E-state index contributed by atoms with van der Waals surface area (Å²) in [5.74, 6) is -1.15. The normalized spacial score (nSPS) is 8.19. The second-order valence-electron chi connectivity index (χ2n) is 3.33. The predicted octanol–water partition coefficient (Wildman–Crippen LogP) is 2.78. The van der Waals surface area contributed by atoms with E-state index in [-0.39, 0.29) is 24.8 Å². The summed E-state index contributed by atoms with van der Waals surface area (Å²) in [4.78, 5) is 31.6. The molecule has 0 aromatic rings. The van der Waals surface area contributed by atoms with E-state index >= 15 is 0 Å². The van der Waals surface area contributed by atoms with Gasteiger partial charge in [0.15, 0.2) is 0 Å². The van der Waals surface area contributed by atoms with Crippen molar-refractivity contribution < 1.29 is 28.6 Å². The zero-order valence-corrected chi connectivity index (χ0v) is 11.9. The molecule has 0 aromatic heterocycles. The molecule has 116 valence electrons. The van der Waals surface area contributed by atoms with Gasteiger partial charge in [-0.05, 0) is 12.8 Å². The lowest BCUT2D eigenvalue weighted by molar-refractivity contribution is -0.140. The molecule has 0 atom stereocenters. The molecule has 0 saturated heterocycles. The molecule has 0 aliphatic rings. The topological polar surface area (TPSA) is 78.9 Å². The first-order valence-electron chi connectivity index (χ1n) is 6.06. The lowest BCUT2D eigenvalue weighted by atomic mass is 10.2. The zero-order chi connectivity index (χ0) is 16.5. The third-order valence-corrected chi connectivity index (χ3v) is 1.81. The van der Waals surface area contributed by atoms with Crippen LogP contribution in [-0.2, 0) is 28.6 Å². The second-order valence-corrected chi connectivity index (χ2v) is 3.33. The number of rotatable bonds is 9. The SMILES string of the molecule is C=COC(=O)C=C.C=COC(=O)CCCCC(=O)OC=C. The lowest BCUT2D eigenvalue weighted by Crippen LogP contribution is -2.01. The third kappa shape index (κ3) is 17.4. The van der Waals surface area contributed by atoms with Gasteiger partial charge < -0.3 is 14.2 Å². The van der Waals surface area contributed by atoms with Crippen molar-refractivity contribution in [2.24, 2.45) is 0 Å². The molecule has 6 heteroatoms. The summed E-state index contributed by atoms with van der Waals surface area (Å²) in [6.45, 7) is 12.8. The molecule has 0 rings (SSSR count). The Morgan fingerprint density at radius 3 is 1.33 bits per heavy atom. The van der Waals surface area contributed by atoms with Crippen molar-refractivity contribution >= 4 is 17.9 Å². The molecule has 0 N–H and O–H groups in total. The number of ether oxygens (including phenoxy) is 3. The Bertz CT molecular complexity index is 360. The van der Waals surface area contributed by atoms with Crippen molar-refractivity contribution in [2.45, 2.75) is 25.7 Å². The molecular weight excluding hydrogens is 276 g/mol. The summed E-state index contributed by atoms with van der Waals surface area (Å²) in [5, 5.41) is 0. The number of unbranched alkanes of at least 4 members (excludes halogenated alkanes) is 1. The molecule has 21 heavy (non-hydrogen) atoms. The van der Waals surface area contributed by atoms with Gasteiger partial charge in [0.25, 0.3) is 0 Å². The van der Waals surface area contributed by atoms with Gasteiger partial charge in [-0.25, -0.2) is 4.79 Å². The predicted molar refractivity (Wildman–Crippen MR) is 77.5 cm³/mol. The van der Waals surface area contributed by atoms with E-state index in [4.69, 9.17) is 0 Å². The number of esters is 3. The van der Waals surface area contributed by atoms with E-state index in [1.54, 1.807) is 0 Å². The maximum atomic E-state index is 10.8. The van der Waals surface area contributed by atoms with Gasteiger partial charge in [0.2, 0.25) is 0 Å². The lowest BCUT2D eigenvalue weighted by Gasteiger charge is -1.99. The number of hydrogen-bond donors (Lipinski definition) is 0. The first-order chi connectivity index (χ1) is 10.0. The average Bonchev–Trinajstić information content (AvgIpc) is 2.45. The number of carbonyl (C=O) groups excluding carboxylic acids is 3. The smallest absolute Gasteiger partial charge is 0.334 e. The van der Waals surface area contributed by atoms with Crippen LogP contribution in [0.4, 0.5) is 0 Å². The van der Waals surface area contributed by atoms with Crippen LogP contribution in [0.1, 0.15) is 25.7 Å². The fraction of sp³-hybridized carbons (Fsp3) is 0.267. The summed E-state index contributed by atoms with van der Waals surface area (Å²) >= 11 is 0. The van der Waals surface area contributed by atoms with Gasteiger partial charge >= 0.3 is 17.9 Å². The molecule has 0 bridgehead atoms. The minimum Gasteiger partial charge on any atom is -0.435 e. The Morgan fingerprint density at radius 1 is 0.714 bits per heavy atom. The second kappa shape index (κ2) is 15.4. The number of carbonyl (C=O) groups is 3. The quantitative estimate of drug-likeness (QED) is 0.214. The molecule has 0 amide bonds. The van der Waals surface area contributed by atoms with E-state index in [0.717, 1.165) is 24.9 Å². The molecule has 0 unspecified atom stereocenters. The van der Waals surface area contributed by atoms with Gasteiger partial charge in [-0.1, -0.05) is 26.3 Å². The fourth-order valence-corrected chi connectivity index (χ4v) is 0.973. The molecule has 0 aliphatic carbocycles. The summed E-state index contributed by atoms with van der Waals surface area (Å²) in [6.07, 6.45) is 6.08. The van der Waals surface area contributed by atoms with E-state index in [1.807, 2.05) is 0 Å². The van der Waals surface area contributed by atoms with Crippen LogP contribution in [-0.4, -0.2) is 17.9 Å². The highest BCUT2D eigenvalue weighted by molar-refractivity contribution is 5.81. The Balaban J connectivity index is 0. The summed E-state index contributed by atoms with van der Waals surface area (Å²) in [5.41, 5.74) is 0. The van der Waals surface area contributed by atoms with Crippen molar-refractivity contribution in [2.75, 3.05) is 0 Å². The van der Waals surface area contributed by atoms with Crippen LogP contribution in [0, 0.1) is 0 Å². The van der Waals surface area contributed by atoms with Crippen molar-refractivity contribution in [3.05, 3.63) is 51.2 Å². The van der Waals surface area contributed by atoms with Crippen LogP contribution < -0.4 is 0 Å². The molecule has 0 aliphatic heterocycles. The minimum atomic E-state index is -0.477. The summed E-state index contributed by atoms with van der Waals surface area (Å²) < 4.78 is 13.2. The van der Waals surface area contributed by atoms with Crippen LogP contribution in [0.5, 0.6) is 0 Å². The van der Waals surface area contributed by atoms with E-state index in [9.17, 15) is 14.4 Å². The average molecular weight is 296 g/mol. The number of hydrogen-bond acceptors (Lipinski definition) is 6. The Kier molecular flexibility index (Phi) is 15.2. The van der Waals surface area contributed by atoms with E-state index in [1.165, 1.54) is 0 Å².